The van der Waals surface area contributed by atoms with Crippen molar-refractivity contribution < 1.29 is 14.3 Å². The van der Waals surface area contributed by atoms with Crippen LogP contribution in [-0.2, 0) is 9.47 Å². The highest BCUT2D eigenvalue weighted by molar-refractivity contribution is 5.67. The number of hydrogen-bond donors (Lipinski definition) is 2. The summed E-state index contributed by atoms with van der Waals surface area (Å²) in [6.07, 6.45) is 1.67. The van der Waals surface area contributed by atoms with Gasteiger partial charge >= 0.3 is 6.09 Å². The van der Waals surface area contributed by atoms with Crippen molar-refractivity contribution in [1.82, 2.24) is 10.6 Å². The van der Waals surface area contributed by atoms with Crippen LogP contribution in [0.1, 0.15) is 40.5 Å². The van der Waals surface area contributed by atoms with Gasteiger partial charge in [-0.2, -0.15) is 0 Å². The van der Waals surface area contributed by atoms with Crippen LogP contribution in [0.15, 0.2) is 0 Å². The molecule has 106 valence electrons. The molecule has 0 aromatic carbocycles. The monoisotopic (exact) mass is 258 g/mol. The maximum absolute atomic E-state index is 11.4. The molecule has 0 bridgehead atoms. The second-order valence-corrected chi connectivity index (χ2v) is 6.03. The zero-order valence-electron chi connectivity index (χ0n) is 12.0. The van der Waals surface area contributed by atoms with Gasteiger partial charge in [-0.15, -0.1) is 0 Å². The number of amides is 1. The molecule has 0 atom stereocenters. The Morgan fingerprint density at radius 1 is 1.28 bits per heavy atom. The van der Waals surface area contributed by atoms with E-state index in [0.29, 0.717) is 6.54 Å². The van der Waals surface area contributed by atoms with Gasteiger partial charge in [-0.3, -0.25) is 0 Å². The van der Waals surface area contributed by atoms with Gasteiger partial charge in [-0.05, 0) is 40.5 Å². The van der Waals surface area contributed by atoms with E-state index >= 15 is 0 Å². The molecular formula is C13H26N2O3. The van der Waals surface area contributed by atoms with Gasteiger partial charge in [0, 0.05) is 31.8 Å². The number of hydrogen-bond acceptors (Lipinski definition) is 4. The van der Waals surface area contributed by atoms with Gasteiger partial charge in [0.2, 0.25) is 0 Å². The van der Waals surface area contributed by atoms with Gasteiger partial charge in [0.1, 0.15) is 5.60 Å². The number of alkyl carbamates (subject to hydrolysis) is 1. The zero-order chi connectivity index (χ0) is 13.6. The average molecular weight is 258 g/mol. The maximum Gasteiger partial charge on any atom is 0.407 e. The van der Waals surface area contributed by atoms with Crippen molar-refractivity contribution in [2.45, 2.75) is 51.7 Å². The van der Waals surface area contributed by atoms with Gasteiger partial charge in [-0.25, -0.2) is 4.79 Å². The lowest BCUT2D eigenvalue weighted by atomic mass is 9.92. The summed E-state index contributed by atoms with van der Waals surface area (Å²) in [5, 5.41) is 6.21. The third-order valence-electron chi connectivity index (χ3n) is 2.94. The van der Waals surface area contributed by atoms with Crippen LogP contribution in [0, 0.1) is 0 Å². The van der Waals surface area contributed by atoms with E-state index in [1.165, 1.54) is 0 Å². The number of carbonyl (C=O) groups is 1. The molecule has 1 aliphatic rings. The lowest BCUT2D eigenvalue weighted by Gasteiger charge is -2.34. The minimum absolute atomic E-state index is 0.133. The Morgan fingerprint density at radius 2 is 1.89 bits per heavy atom. The smallest absolute Gasteiger partial charge is 0.407 e. The van der Waals surface area contributed by atoms with E-state index < -0.39 is 5.60 Å². The van der Waals surface area contributed by atoms with E-state index in [1.54, 1.807) is 0 Å². The summed E-state index contributed by atoms with van der Waals surface area (Å²) in [7, 11) is 0. The third-order valence-corrected chi connectivity index (χ3v) is 2.94. The Labute approximate surface area is 110 Å². The maximum atomic E-state index is 11.4. The van der Waals surface area contributed by atoms with Gasteiger partial charge in [0.15, 0.2) is 0 Å². The molecular weight excluding hydrogens is 232 g/mol. The Morgan fingerprint density at radius 3 is 2.44 bits per heavy atom. The predicted molar refractivity (Wildman–Crippen MR) is 70.7 cm³/mol. The molecule has 1 saturated heterocycles. The largest absolute Gasteiger partial charge is 0.444 e. The Kier molecular flexibility index (Phi) is 5.41. The molecule has 1 fully saturated rings. The summed E-state index contributed by atoms with van der Waals surface area (Å²) in [5.41, 5.74) is -0.307. The van der Waals surface area contributed by atoms with Crippen molar-refractivity contribution in [2.75, 3.05) is 26.3 Å². The molecule has 1 heterocycles. The minimum atomic E-state index is -0.440. The summed E-state index contributed by atoms with van der Waals surface area (Å²) in [5.74, 6) is 0. The van der Waals surface area contributed by atoms with Crippen LogP contribution in [0.4, 0.5) is 4.79 Å². The fourth-order valence-electron chi connectivity index (χ4n) is 1.84. The fraction of sp³-hybridized carbons (Fsp3) is 0.923. The summed E-state index contributed by atoms with van der Waals surface area (Å²) in [6.45, 7) is 10.7. The first-order valence-corrected chi connectivity index (χ1v) is 6.60. The van der Waals surface area contributed by atoms with Crippen molar-refractivity contribution in [1.29, 1.82) is 0 Å². The number of nitrogens with one attached hydrogen (secondary N) is 2. The summed E-state index contributed by atoms with van der Waals surface area (Å²) in [4.78, 5) is 11.4. The van der Waals surface area contributed by atoms with Crippen LogP contribution < -0.4 is 10.6 Å². The van der Waals surface area contributed by atoms with E-state index in [2.05, 4.69) is 17.6 Å². The second kappa shape index (κ2) is 6.38. The highest BCUT2D eigenvalue weighted by atomic mass is 16.6. The van der Waals surface area contributed by atoms with E-state index in [1.807, 2.05) is 20.8 Å². The minimum Gasteiger partial charge on any atom is -0.444 e. The van der Waals surface area contributed by atoms with Gasteiger partial charge in [0.25, 0.3) is 0 Å². The van der Waals surface area contributed by atoms with Crippen LogP contribution >= 0.6 is 0 Å². The van der Waals surface area contributed by atoms with E-state index in [9.17, 15) is 4.79 Å². The van der Waals surface area contributed by atoms with Gasteiger partial charge in [0.05, 0.1) is 0 Å². The van der Waals surface area contributed by atoms with Crippen LogP contribution in [0.2, 0.25) is 0 Å². The SMILES string of the molecule is CC1(NCCNC(=O)OC(C)(C)C)CCOCC1. The van der Waals surface area contributed by atoms with Gasteiger partial charge < -0.3 is 20.1 Å². The normalized spacial score (nSPS) is 19.3. The van der Waals surface area contributed by atoms with Crippen molar-refractivity contribution >= 4 is 6.09 Å². The highest BCUT2D eigenvalue weighted by Crippen LogP contribution is 2.18. The number of ether oxygens (including phenoxy) is 2. The quantitative estimate of drug-likeness (QED) is 0.753. The summed E-state index contributed by atoms with van der Waals surface area (Å²) < 4.78 is 10.5. The van der Waals surface area contributed by atoms with Crippen molar-refractivity contribution in [3.8, 4) is 0 Å². The molecule has 1 rings (SSSR count). The van der Waals surface area contributed by atoms with Crippen molar-refractivity contribution in [2.24, 2.45) is 0 Å². The van der Waals surface area contributed by atoms with Crippen LogP contribution in [0.5, 0.6) is 0 Å². The molecule has 0 spiro atoms. The van der Waals surface area contributed by atoms with Crippen LogP contribution in [0.25, 0.3) is 0 Å². The molecule has 18 heavy (non-hydrogen) atoms. The Bertz CT molecular complexity index is 268. The van der Waals surface area contributed by atoms with E-state index in [-0.39, 0.29) is 11.6 Å². The topological polar surface area (TPSA) is 59.6 Å². The summed E-state index contributed by atoms with van der Waals surface area (Å²) in [6, 6.07) is 0. The average Bonchev–Trinajstić information content (AvgIpc) is 2.23. The molecule has 0 aromatic rings. The molecule has 5 nitrogen and oxygen atoms in total. The molecule has 0 unspecified atom stereocenters. The Balaban J connectivity index is 2.12. The van der Waals surface area contributed by atoms with Crippen LogP contribution in [-0.4, -0.2) is 43.5 Å². The first-order valence-electron chi connectivity index (χ1n) is 6.60. The van der Waals surface area contributed by atoms with Gasteiger partial charge in [-0.1, -0.05) is 0 Å². The Hall–Kier alpha value is -0.810. The third kappa shape index (κ3) is 6.21. The molecule has 1 aliphatic heterocycles. The molecule has 0 radical (unpaired) electrons. The lowest BCUT2D eigenvalue weighted by molar-refractivity contribution is 0.0436. The predicted octanol–water partition coefficient (Wildman–Crippen LogP) is 1.67. The molecule has 0 aromatic heterocycles. The standard InChI is InChI=1S/C13H26N2O3/c1-12(2,3)18-11(16)14-7-8-15-13(4)5-9-17-10-6-13/h15H,5-10H2,1-4H3,(H,14,16). The van der Waals surface area contributed by atoms with E-state index in [0.717, 1.165) is 32.6 Å². The van der Waals surface area contributed by atoms with Crippen molar-refractivity contribution in [3.63, 3.8) is 0 Å². The van der Waals surface area contributed by atoms with E-state index in [4.69, 9.17) is 9.47 Å². The fourth-order valence-corrected chi connectivity index (χ4v) is 1.84. The first kappa shape index (κ1) is 15.2. The molecule has 0 saturated carbocycles. The first-order chi connectivity index (χ1) is 8.31. The second-order valence-electron chi connectivity index (χ2n) is 6.03. The number of carbonyl (C=O) groups excluding carboxylic acids is 1. The molecule has 5 heteroatoms. The zero-order valence-corrected chi connectivity index (χ0v) is 12.0. The molecule has 2 N–H and O–H groups in total. The lowest BCUT2D eigenvalue weighted by Crippen LogP contribution is -2.49. The summed E-state index contributed by atoms with van der Waals surface area (Å²) >= 11 is 0. The molecule has 1 amide bonds. The number of rotatable bonds is 4. The highest BCUT2D eigenvalue weighted by Gasteiger charge is 2.26. The molecule has 0 aliphatic carbocycles. The van der Waals surface area contributed by atoms with Crippen molar-refractivity contribution in [3.05, 3.63) is 0 Å². The van der Waals surface area contributed by atoms with Crippen LogP contribution in [0.3, 0.4) is 0 Å².